The van der Waals surface area contributed by atoms with Gasteiger partial charge in [0.05, 0.1) is 0 Å². The van der Waals surface area contributed by atoms with Crippen LogP contribution in [0, 0.1) is 0 Å². The molecule has 2 nitrogen and oxygen atoms in total. The third-order valence-corrected chi connectivity index (χ3v) is 3.31. The van der Waals surface area contributed by atoms with E-state index in [1.165, 1.54) is 24.9 Å². The average molecular weight is 248 g/mol. The number of likely N-dealkylation sites (N-methyl/N-ethyl adjacent to an activating group) is 1. The molecule has 0 aromatic heterocycles. The highest BCUT2D eigenvalue weighted by Crippen LogP contribution is 2.01. The SMILES string of the molecule is CCCNC(C)CCN(C)CCc1ccccc1. The van der Waals surface area contributed by atoms with Crippen molar-refractivity contribution in [3.63, 3.8) is 0 Å². The fourth-order valence-corrected chi connectivity index (χ4v) is 1.98. The van der Waals surface area contributed by atoms with Crippen LogP contribution in [0.4, 0.5) is 0 Å². The smallest absolute Gasteiger partial charge is 0.00508 e. The summed E-state index contributed by atoms with van der Waals surface area (Å²) in [6, 6.07) is 11.4. The molecule has 1 N–H and O–H groups in total. The predicted molar refractivity (Wildman–Crippen MR) is 80.0 cm³/mol. The van der Waals surface area contributed by atoms with Crippen LogP contribution in [0.3, 0.4) is 0 Å². The highest BCUT2D eigenvalue weighted by Gasteiger charge is 2.03. The van der Waals surface area contributed by atoms with Crippen LogP contribution >= 0.6 is 0 Å². The van der Waals surface area contributed by atoms with E-state index in [0.29, 0.717) is 6.04 Å². The average Bonchev–Trinajstić information content (AvgIpc) is 2.41. The van der Waals surface area contributed by atoms with Crippen molar-refractivity contribution in [2.24, 2.45) is 0 Å². The van der Waals surface area contributed by atoms with Crippen molar-refractivity contribution in [2.45, 2.75) is 39.2 Å². The van der Waals surface area contributed by atoms with Crippen LogP contribution in [-0.4, -0.2) is 37.6 Å². The highest BCUT2D eigenvalue weighted by atomic mass is 15.1. The molecule has 0 radical (unpaired) electrons. The van der Waals surface area contributed by atoms with Crippen molar-refractivity contribution in [3.05, 3.63) is 35.9 Å². The van der Waals surface area contributed by atoms with Gasteiger partial charge in [-0.1, -0.05) is 37.3 Å². The molecule has 0 saturated carbocycles. The molecule has 2 heteroatoms. The predicted octanol–water partition coefficient (Wildman–Crippen LogP) is 2.94. The molecule has 0 bridgehead atoms. The second kappa shape index (κ2) is 9.12. The van der Waals surface area contributed by atoms with Gasteiger partial charge in [-0.05, 0) is 51.9 Å². The van der Waals surface area contributed by atoms with Gasteiger partial charge in [-0.15, -0.1) is 0 Å². The fourth-order valence-electron chi connectivity index (χ4n) is 1.98. The molecule has 0 aliphatic carbocycles. The lowest BCUT2D eigenvalue weighted by atomic mass is 10.1. The molecule has 0 amide bonds. The minimum Gasteiger partial charge on any atom is -0.314 e. The molecule has 18 heavy (non-hydrogen) atoms. The lowest BCUT2D eigenvalue weighted by Gasteiger charge is -2.20. The van der Waals surface area contributed by atoms with E-state index in [1.807, 2.05) is 0 Å². The molecular weight excluding hydrogens is 220 g/mol. The molecule has 0 aliphatic rings. The summed E-state index contributed by atoms with van der Waals surface area (Å²) in [7, 11) is 2.22. The summed E-state index contributed by atoms with van der Waals surface area (Å²) < 4.78 is 0. The van der Waals surface area contributed by atoms with Gasteiger partial charge in [0, 0.05) is 12.6 Å². The van der Waals surface area contributed by atoms with Crippen LogP contribution in [0.2, 0.25) is 0 Å². The molecule has 0 heterocycles. The van der Waals surface area contributed by atoms with Crippen molar-refractivity contribution in [1.29, 1.82) is 0 Å². The number of rotatable bonds is 9. The van der Waals surface area contributed by atoms with Gasteiger partial charge in [-0.2, -0.15) is 0 Å². The lowest BCUT2D eigenvalue weighted by Crippen LogP contribution is -2.32. The highest BCUT2D eigenvalue weighted by molar-refractivity contribution is 5.14. The Morgan fingerprint density at radius 1 is 1.17 bits per heavy atom. The van der Waals surface area contributed by atoms with Gasteiger partial charge in [0.1, 0.15) is 0 Å². The van der Waals surface area contributed by atoms with Gasteiger partial charge < -0.3 is 10.2 Å². The summed E-state index contributed by atoms with van der Waals surface area (Å²) in [5, 5.41) is 3.53. The first-order valence-electron chi connectivity index (χ1n) is 7.18. The van der Waals surface area contributed by atoms with Crippen molar-refractivity contribution < 1.29 is 0 Å². The monoisotopic (exact) mass is 248 g/mol. The Balaban J connectivity index is 2.12. The molecule has 102 valence electrons. The first-order valence-corrected chi connectivity index (χ1v) is 7.18. The molecule has 1 rings (SSSR count). The molecule has 0 aliphatic heterocycles. The maximum absolute atomic E-state index is 3.53. The van der Waals surface area contributed by atoms with E-state index in [4.69, 9.17) is 0 Å². The van der Waals surface area contributed by atoms with E-state index in [0.717, 1.165) is 19.5 Å². The normalized spacial score (nSPS) is 12.9. The molecular formula is C16H28N2. The first-order chi connectivity index (χ1) is 8.72. The van der Waals surface area contributed by atoms with E-state index >= 15 is 0 Å². The summed E-state index contributed by atoms with van der Waals surface area (Å²) in [6.45, 7) is 7.94. The summed E-state index contributed by atoms with van der Waals surface area (Å²) in [5.74, 6) is 0. The van der Waals surface area contributed by atoms with Crippen molar-refractivity contribution >= 4 is 0 Å². The number of nitrogens with zero attached hydrogens (tertiary/aromatic N) is 1. The maximum atomic E-state index is 3.53. The van der Waals surface area contributed by atoms with Gasteiger partial charge in [-0.3, -0.25) is 0 Å². The van der Waals surface area contributed by atoms with Crippen LogP contribution in [-0.2, 0) is 6.42 Å². The number of hydrogen-bond donors (Lipinski definition) is 1. The van der Waals surface area contributed by atoms with Crippen molar-refractivity contribution in [3.8, 4) is 0 Å². The Morgan fingerprint density at radius 3 is 2.56 bits per heavy atom. The second-order valence-electron chi connectivity index (χ2n) is 5.18. The number of nitrogens with one attached hydrogen (secondary N) is 1. The Bertz CT molecular complexity index is 297. The van der Waals surface area contributed by atoms with Crippen LogP contribution < -0.4 is 5.32 Å². The van der Waals surface area contributed by atoms with E-state index < -0.39 is 0 Å². The summed E-state index contributed by atoms with van der Waals surface area (Å²) in [4.78, 5) is 2.43. The van der Waals surface area contributed by atoms with E-state index in [9.17, 15) is 0 Å². The zero-order chi connectivity index (χ0) is 13.2. The minimum absolute atomic E-state index is 0.629. The van der Waals surface area contributed by atoms with Gasteiger partial charge in [0.25, 0.3) is 0 Å². The molecule has 1 aromatic rings. The third-order valence-electron chi connectivity index (χ3n) is 3.31. The van der Waals surface area contributed by atoms with Crippen LogP contribution in [0.5, 0.6) is 0 Å². The van der Waals surface area contributed by atoms with Gasteiger partial charge in [-0.25, -0.2) is 0 Å². The fraction of sp³-hybridized carbons (Fsp3) is 0.625. The number of benzene rings is 1. The third kappa shape index (κ3) is 6.77. The Labute approximate surface area is 112 Å². The van der Waals surface area contributed by atoms with Crippen molar-refractivity contribution in [1.82, 2.24) is 10.2 Å². The topological polar surface area (TPSA) is 15.3 Å². The summed E-state index contributed by atoms with van der Waals surface area (Å²) in [5.41, 5.74) is 1.43. The standard InChI is InChI=1S/C16H28N2/c1-4-12-17-15(2)10-13-18(3)14-11-16-8-6-5-7-9-16/h5-9,15,17H,4,10-14H2,1-3H3. The summed E-state index contributed by atoms with van der Waals surface area (Å²) >= 11 is 0. The van der Waals surface area contributed by atoms with Crippen LogP contribution in [0.1, 0.15) is 32.3 Å². The summed E-state index contributed by atoms with van der Waals surface area (Å²) in [6.07, 6.45) is 3.59. The Kier molecular flexibility index (Phi) is 7.70. The van der Waals surface area contributed by atoms with E-state index in [2.05, 4.69) is 61.4 Å². The maximum Gasteiger partial charge on any atom is 0.00508 e. The molecule has 0 spiro atoms. The molecule has 1 atom stereocenters. The van der Waals surface area contributed by atoms with Gasteiger partial charge in [0.2, 0.25) is 0 Å². The van der Waals surface area contributed by atoms with E-state index in [1.54, 1.807) is 0 Å². The molecule has 1 aromatic carbocycles. The number of hydrogen-bond acceptors (Lipinski definition) is 2. The largest absolute Gasteiger partial charge is 0.314 e. The lowest BCUT2D eigenvalue weighted by molar-refractivity contribution is 0.314. The van der Waals surface area contributed by atoms with Crippen LogP contribution in [0.15, 0.2) is 30.3 Å². The van der Waals surface area contributed by atoms with Gasteiger partial charge >= 0.3 is 0 Å². The zero-order valence-corrected chi connectivity index (χ0v) is 12.2. The molecule has 0 fully saturated rings. The van der Waals surface area contributed by atoms with E-state index in [-0.39, 0.29) is 0 Å². The molecule has 1 unspecified atom stereocenters. The quantitative estimate of drug-likeness (QED) is 0.723. The minimum atomic E-state index is 0.629. The van der Waals surface area contributed by atoms with Crippen LogP contribution in [0.25, 0.3) is 0 Å². The Hall–Kier alpha value is -0.860. The first kappa shape index (κ1) is 15.2. The second-order valence-corrected chi connectivity index (χ2v) is 5.18. The molecule has 0 saturated heterocycles. The Morgan fingerprint density at radius 2 is 1.89 bits per heavy atom. The van der Waals surface area contributed by atoms with Crippen molar-refractivity contribution in [2.75, 3.05) is 26.7 Å². The zero-order valence-electron chi connectivity index (χ0n) is 12.2. The van der Waals surface area contributed by atoms with Gasteiger partial charge in [0.15, 0.2) is 0 Å².